The first-order valence-corrected chi connectivity index (χ1v) is 16.7. The van der Waals surface area contributed by atoms with E-state index in [-0.39, 0.29) is 29.6 Å². The minimum Gasteiger partial charge on any atom is -0.465 e. The number of amides is 1. The zero-order chi connectivity index (χ0) is 32.2. The molecule has 45 heavy (non-hydrogen) atoms. The fourth-order valence-electron chi connectivity index (χ4n) is 5.30. The van der Waals surface area contributed by atoms with E-state index < -0.39 is 10.0 Å². The minimum absolute atomic E-state index is 0.0212. The van der Waals surface area contributed by atoms with E-state index in [1.54, 1.807) is 36.4 Å². The Morgan fingerprint density at radius 3 is 2.44 bits per heavy atom. The van der Waals surface area contributed by atoms with E-state index in [4.69, 9.17) is 14.2 Å². The van der Waals surface area contributed by atoms with Crippen LogP contribution in [0.15, 0.2) is 79.0 Å². The average molecular weight is 630 g/mol. The van der Waals surface area contributed by atoms with Crippen molar-refractivity contribution in [2.24, 2.45) is 0 Å². The molecule has 0 atom stereocenters. The Morgan fingerprint density at radius 2 is 1.73 bits per heavy atom. The van der Waals surface area contributed by atoms with Gasteiger partial charge in [-0.3, -0.25) is 14.5 Å². The van der Waals surface area contributed by atoms with Crippen molar-refractivity contribution < 1.29 is 27.4 Å². The number of methoxy groups -OCH3 is 1. The summed E-state index contributed by atoms with van der Waals surface area (Å²) >= 11 is 0. The van der Waals surface area contributed by atoms with E-state index in [0.717, 1.165) is 34.2 Å². The Kier molecular flexibility index (Phi) is 9.57. The van der Waals surface area contributed by atoms with Crippen LogP contribution < -0.4 is 14.4 Å². The first-order chi connectivity index (χ1) is 21.4. The summed E-state index contributed by atoms with van der Waals surface area (Å²) in [5.41, 5.74) is 7.56. The Balaban J connectivity index is 1.44. The van der Waals surface area contributed by atoms with Crippen LogP contribution >= 0.6 is 0 Å². The minimum atomic E-state index is -3.61. The number of hydrogen-bond acceptors (Lipinski definition) is 7. The fraction of sp³-hybridized carbons (Fsp3) is 0.314. The maximum absolute atomic E-state index is 13.8. The maximum Gasteiger partial charge on any atom is 0.258 e. The molecule has 1 aliphatic rings. The molecule has 0 bridgehead atoms. The molecule has 0 fully saturated rings. The first kappa shape index (κ1) is 32.2. The molecule has 1 aliphatic heterocycles. The molecular formula is C35H39N3O6S. The van der Waals surface area contributed by atoms with E-state index in [1.165, 1.54) is 5.56 Å². The highest BCUT2D eigenvalue weighted by Gasteiger charge is 2.27. The molecule has 9 nitrogen and oxygen atoms in total. The monoisotopic (exact) mass is 629 g/mol. The molecule has 4 aromatic rings. The smallest absolute Gasteiger partial charge is 0.258 e. The maximum atomic E-state index is 13.8. The lowest BCUT2D eigenvalue weighted by molar-refractivity contribution is -0.00814. The highest BCUT2D eigenvalue weighted by Crippen LogP contribution is 2.38. The molecule has 0 saturated carbocycles. The van der Waals surface area contributed by atoms with Crippen molar-refractivity contribution >= 4 is 27.3 Å². The standard InChI is InChI=1S/C35H39N3O6S/c1-35(2,3)26-10-13-28(30(21-26)31-8-6-7-16-36-31)24-9-12-29-25(20-24)15-17-38(34(29)39)27-11-14-33(44-23-43-19-18-42-4)32(22-27)37-45(5,40)41/h6-14,16,20-22,37H,15,17-19,23H2,1-5H3. The Bertz CT molecular complexity index is 1790. The Labute approximate surface area is 265 Å². The summed E-state index contributed by atoms with van der Waals surface area (Å²) in [7, 11) is -2.04. The molecule has 5 rings (SSSR count). The number of rotatable bonds is 11. The summed E-state index contributed by atoms with van der Waals surface area (Å²) in [4.78, 5) is 20.1. The number of benzene rings is 3. The van der Waals surface area contributed by atoms with Gasteiger partial charge in [-0.1, -0.05) is 51.1 Å². The fourth-order valence-corrected chi connectivity index (χ4v) is 5.86. The summed E-state index contributed by atoms with van der Waals surface area (Å²) < 4.78 is 42.7. The van der Waals surface area contributed by atoms with Crippen molar-refractivity contribution in [3.05, 3.63) is 95.7 Å². The summed E-state index contributed by atoms with van der Waals surface area (Å²) in [6.07, 6.45) is 3.50. The molecule has 10 heteroatoms. The van der Waals surface area contributed by atoms with Gasteiger partial charge in [0.2, 0.25) is 10.0 Å². The molecule has 1 aromatic heterocycles. The van der Waals surface area contributed by atoms with Gasteiger partial charge in [0.15, 0.2) is 6.79 Å². The van der Waals surface area contributed by atoms with Crippen LogP contribution in [0, 0.1) is 0 Å². The van der Waals surface area contributed by atoms with Crippen molar-refractivity contribution in [2.75, 3.05) is 49.5 Å². The zero-order valence-electron chi connectivity index (χ0n) is 26.3. The summed E-state index contributed by atoms with van der Waals surface area (Å²) in [6, 6.07) is 23.4. The zero-order valence-corrected chi connectivity index (χ0v) is 27.1. The number of fused-ring (bicyclic) bond motifs is 1. The largest absolute Gasteiger partial charge is 0.465 e. The van der Waals surface area contributed by atoms with Crippen LogP contribution in [-0.4, -0.2) is 59.2 Å². The van der Waals surface area contributed by atoms with Crippen molar-refractivity contribution in [1.82, 2.24) is 4.98 Å². The van der Waals surface area contributed by atoms with Crippen LogP contribution in [-0.2, 0) is 31.3 Å². The van der Waals surface area contributed by atoms with E-state index >= 15 is 0 Å². The van der Waals surface area contributed by atoms with Crippen LogP contribution in [0.2, 0.25) is 0 Å². The second kappa shape index (κ2) is 13.4. The molecule has 0 saturated heterocycles. The van der Waals surface area contributed by atoms with Gasteiger partial charge >= 0.3 is 0 Å². The molecule has 0 unspecified atom stereocenters. The number of aromatic nitrogens is 1. The predicted octanol–water partition coefficient (Wildman–Crippen LogP) is 6.29. The highest BCUT2D eigenvalue weighted by molar-refractivity contribution is 7.92. The first-order valence-electron chi connectivity index (χ1n) is 14.8. The number of carbonyl (C=O) groups excluding carboxylic acids is 1. The number of anilines is 2. The lowest BCUT2D eigenvalue weighted by atomic mass is 9.83. The predicted molar refractivity (Wildman–Crippen MR) is 177 cm³/mol. The SMILES string of the molecule is COCCOCOc1ccc(N2CCc3cc(-c4ccc(C(C)(C)C)cc4-c4ccccn4)ccc3C2=O)cc1NS(C)(=O)=O. The van der Waals surface area contributed by atoms with Gasteiger partial charge in [0.25, 0.3) is 5.91 Å². The van der Waals surface area contributed by atoms with Crippen molar-refractivity contribution in [3.63, 3.8) is 0 Å². The van der Waals surface area contributed by atoms with Gasteiger partial charge in [0.1, 0.15) is 5.75 Å². The van der Waals surface area contributed by atoms with Gasteiger partial charge in [0.05, 0.1) is 30.9 Å². The molecule has 0 aliphatic carbocycles. The van der Waals surface area contributed by atoms with Gasteiger partial charge in [-0.05, 0) is 76.6 Å². The van der Waals surface area contributed by atoms with Crippen LogP contribution in [0.3, 0.4) is 0 Å². The van der Waals surface area contributed by atoms with E-state index in [1.807, 2.05) is 30.3 Å². The third kappa shape index (κ3) is 7.70. The van der Waals surface area contributed by atoms with E-state index in [2.05, 4.69) is 54.7 Å². The van der Waals surface area contributed by atoms with Gasteiger partial charge in [0, 0.05) is 36.7 Å². The van der Waals surface area contributed by atoms with Crippen molar-refractivity contribution in [2.45, 2.75) is 32.6 Å². The quantitative estimate of drug-likeness (QED) is 0.154. The highest BCUT2D eigenvalue weighted by atomic mass is 32.2. The lowest BCUT2D eigenvalue weighted by Crippen LogP contribution is -2.37. The topological polar surface area (TPSA) is 107 Å². The van der Waals surface area contributed by atoms with Gasteiger partial charge in [-0.25, -0.2) is 8.42 Å². The third-order valence-electron chi connectivity index (χ3n) is 7.62. The van der Waals surface area contributed by atoms with Crippen molar-refractivity contribution in [1.29, 1.82) is 0 Å². The molecule has 236 valence electrons. The Morgan fingerprint density at radius 1 is 0.933 bits per heavy atom. The van der Waals surface area contributed by atoms with Gasteiger partial charge in [-0.15, -0.1) is 0 Å². The van der Waals surface area contributed by atoms with Gasteiger partial charge < -0.3 is 19.1 Å². The van der Waals surface area contributed by atoms with E-state index in [0.29, 0.717) is 37.4 Å². The number of ether oxygens (including phenoxy) is 3. The molecule has 1 amide bonds. The summed E-state index contributed by atoms with van der Waals surface area (Å²) in [6.45, 7) is 7.68. The average Bonchev–Trinajstić information content (AvgIpc) is 3.00. The van der Waals surface area contributed by atoms with Crippen LogP contribution in [0.1, 0.15) is 42.3 Å². The molecule has 1 N–H and O–H groups in total. The van der Waals surface area contributed by atoms with Crippen molar-refractivity contribution in [3.8, 4) is 28.1 Å². The summed E-state index contributed by atoms with van der Waals surface area (Å²) in [5, 5.41) is 0. The van der Waals surface area contributed by atoms with E-state index in [9.17, 15) is 13.2 Å². The van der Waals surface area contributed by atoms with Crippen LogP contribution in [0.5, 0.6) is 5.75 Å². The number of carbonyl (C=O) groups is 1. The second-order valence-corrected chi connectivity index (χ2v) is 13.8. The van der Waals surface area contributed by atoms with Crippen LogP contribution in [0.25, 0.3) is 22.4 Å². The van der Waals surface area contributed by atoms with Gasteiger partial charge in [-0.2, -0.15) is 0 Å². The second-order valence-electron chi connectivity index (χ2n) is 12.0. The lowest BCUT2D eigenvalue weighted by Gasteiger charge is -2.30. The molecular weight excluding hydrogens is 590 g/mol. The summed E-state index contributed by atoms with van der Waals surface area (Å²) in [5.74, 6) is 0.134. The third-order valence-corrected chi connectivity index (χ3v) is 8.21. The Hall–Kier alpha value is -4.25. The number of sulfonamides is 1. The number of hydrogen-bond donors (Lipinski definition) is 1. The normalized spacial score (nSPS) is 13.4. The van der Waals surface area contributed by atoms with Crippen LogP contribution in [0.4, 0.5) is 11.4 Å². The molecule has 2 heterocycles. The number of nitrogens with zero attached hydrogens (tertiary/aromatic N) is 2. The molecule has 0 spiro atoms. The number of pyridine rings is 1. The molecule has 3 aromatic carbocycles. The number of nitrogens with one attached hydrogen (secondary N) is 1. The molecule has 0 radical (unpaired) electrons.